The van der Waals surface area contributed by atoms with E-state index in [4.69, 9.17) is 0 Å². The van der Waals surface area contributed by atoms with Crippen molar-refractivity contribution in [1.82, 2.24) is 0 Å². The molecular formula is C12H22O2. The summed E-state index contributed by atoms with van der Waals surface area (Å²) in [5, 5.41) is 20.1. The van der Waals surface area contributed by atoms with Gasteiger partial charge in [0.15, 0.2) is 0 Å². The van der Waals surface area contributed by atoms with Gasteiger partial charge in [0.25, 0.3) is 0 Å². The first-order valence-corrected chi connectivity index (χ1v) is 5.76. The summed E-state index contributed by atoms with van der Waals surface area (Å²) in [4.78, 5) is 0. The summed E-state index contributed by atoms with van der Waals surface area (Å²) in [6.45, 7) is 4.60. The Bertz CT molecular complexity index is 218. The molecule has 2 heteroatoms. The molecule has 2 saturated carbocycles. The zero-order valence-electron chi connectivity index (χ0n) is 9.34. The highest BCUT2D eigenvalue weighted by Crippen LogP contribution is 2.62. The van der Waals surface area contributed by atoms with Gasteiger partial charge >= 0.3 is 0 Å². The van der Waals surface area contributed by atoms with E-state index in [1.807, 2.05) is 0 Å². The first-order valence-electron chi connectivity index (χ1n) is 5.76. The second-order valence-electron chi connectivity index (χ2n) is 6.19. The van der Waals surface area contributed by atoms with Gasteiger partial charge in [-0.05, 0) is 31.1 Å². The number of aliphatic hydroxyl groups excluding tert-OH is 1. The molecular weight excluding hydrogens is 176 g/mol. The molecule has 0 aromatic carbocycles. The highest BCUT2D eigenvalue weighted by Gasteiger charge is 2.60. The molecule has 0 amide bonds. The quantitative estimate of drug-likeness (QED) is 0.713. The van der Waals surface area contributed by atoms with Gasteiger partial charge in [-0.1, -0.05) is 26.7 Å². The van der Waals surface area contributed by atoms with Crippen LogP contribution < -0.4 is 0 Å². The first-order chi connectivity index (χ1) is 6.43. The van der Waals surface area contributed by atoms with E-state index in [2.05, 4.69) is 13.8 Å². The van der Waals surface area contributed by atoms with E-state index >= 15 is 0 Å². The van der Waals surface area contributed by atoms with Crippen LogP contribution in [0, 0.1) is 10.8 Å². The molecule has 82 valence electrons. The largest absolute Gasteiger partial charge is 0.396 e. The molecule has 0 spiro atoms. The third-order valence-corrected chi connectivity index (χ3v) is 4.35. The summed E-state index contributed by atoms with van der Waals surface area (Å²) >= 11 is 0. The fourth-order valence-corrected chi connectivity index (χ4v) is 3.86. The van der Waals surface area contributed by atoms with Crippen molar-refractivity contribution in [3.8, 4) is 0 Å². The SMILES string of the molecule is CC1(C)CC(CO)(C2(O)CCCC2)C1. The normalized spacial score (nSPS) is 32.6. The summed E-state index contributed by atoms with van der Waals surface area (Å²) in [7, 11) is 0. The van der Waals surface area contributed by atoms with Crippen molar-refractivity contribution in [2.45, 2.75) is 58.0 Å². The van der Waals surface area contributed by atoms with Crippen LogP contribution in [0.5, 0.6) is 0 Å². The van der Waals surface area contributed by atoms with Crippen LogP contribution in [0.25, 0.3) is 0 Å². The Morgan fingerprint density at radius 1 is 1.07 bits per heavy atom. The van der Waals surface area contributed by atoms with Gasteiger partial charge in [-0.3, -0.25) is 0 Å². The van der Waals surface area contributed by atoms with E-state index in [1.54, 1.807) is 0 Å². The van der Waals surface area contributed by atoms with Crippen molar-refractivity contribution in [2.24, 2.45) is 10.8 Å². The monoisotopic (exact) mass is 198 g/mol. The molecule has 2 N–H and O–H groups in total. The predicted molar refractivity (Wildman–Crippen MR) is 56.0 cm³/mol. The van der Waals surface area contributed by atoms with Crippen molar-refractivity contribution in [3.63, 3.8) is 0 Å². The molecule has 2 aliphatic rings. The molecule has 0 bridgehead atoms. The number of aliphatic hydroxyl groups is 2. The lowest BCUT2D eigenvalue weighted by Crippen LogP contribution is -2.59. The smallest absolute Gasteiger partial charge is 0.0726 e. The Hall–Kier alpha value is -0.0800. The van der Waals surface area contributed by atoms with Crippen LogP contribution in [0.15, 0.2) is 0 Å². The maximum Gasteiger partial charge on any atom is 0.0726 e. The topological polar surface area (TPSA) is 40.5 Å². The van der Waals surface area contributed by atoms with Gasteiger partial charge in [0, 0.05) is 5.41 Å². The van der Waals surface area contributed by atoms with Gasteiger partial charge < -0.3 is 10.2 Å². The fraction of sp³-hybridized carbons (Fsp3) is 1.00. The van der Waals surface area contributed by atoms with Crippen molar-refractivity contribution >= 4 is 0 Å². The summed E-state index contributed by atoms with van der Waals surface area (Å²) in [5.41, 5.74) is -0.411. The second-order valence-corrected chi connectivity index (χ2v) is 6.19. The van der Waals surface area contributed by atoms with Crippen molar-refractivity contribution in [3.05, 3.63) is 0 Å². The van der Waals surface area contributed by atoms with E-state index in [1.165, 1.54) is 0 Å². The van der Waals surface area contributed by atoms with Gasteiger partial charge in [-0.25, -0.2) is 0 Å². The van der Waals surface area contributed by atoms with Crippen LogP contribution in [-0.2, 0) is 0 Å². The molecule has 14 heavy (non-hydrogen) atoms. The molecule has 0 aromatic heterocycles. The summed E-state index contributed by atoms with van der Waals surface area (Å²) in [6.07, 6.45) is 5.99. The Morgan fingerprint density at radius 3 is 1.93 bits per heavy atom. The molecule has 0 aliphatic heterocycles. The molecule has 2 nitrogen and oxygen atoms in total. The molecule has 0 heterocycles. The Morgan fingerprint density at radius 2 is 1.57 bits per heavy atom. The zero-order valence-corrected chi connectivity index (χ0v) is 9.34. The predicted octanol–water partition coefficient (Wildman–Crippen LogP) is 2.09. The lowest BCUT2D eigenvalue weighted by molar-refractivity contribution is -0.192. The third kappa shape index (κ3) is 1.31. The lowest BCUT2D eigenvalue weighted by Gasteiger charge is -2.59. The Labute approximate surface area is 86.3 Å². The molecule has 0 saturated heterocycles. The number of rotatable bonds is 2. The molecule has 2 aliphatic carbocycles. The molecule has 2 rings (SSSR count). The number of hydrogen-bond acceptors (Lipinski definition) is 2. The van der Waals surface area contributed by atoms with Crippen molar-refractivity contribution < 1.29 is 10.2 Å². The summed E-state index contributed by atoms with van der Waals surface area (Å²) in [5.74, 6) is 0. The van der Waals surface area contributed by atoms with Crippen LogP contribution in [0.3, 0.4) is 0 Å². The zero-order chi connectivity index (χ0) is 10.4. The van der Waals surface area contributed by atoms with Gasteiger partial charge in [0.05, 0.1) is 12.2 Å². The van der Waals surface area contributed by atoms with Gasteiger partial charge in [0.2, 0.25) is 0 Å². The van der Waals surface area contributed by atoms with E-state index < -0.39 is 5.60 Å². The van der Waals surface area contributed by atoms with Crippen LogP contribution in [0.4, 0.5) is 0 Å². The Balaban J connectivity index is 2.14. The van der Waals surface area contributed by atoms with Crippen LogP contribution in [0.2, 0.25) is 0 Å². The molecule has 0 aromatic rings. The average Bonchev–Trinajstić information content (AvgIpc) is 2.48. The third-order valence-electron chi connectivity index (χ3n) is 4.35. The molecule has 0 unspecified atom stereocenters. The Kier molecular flexibility index (Phi) is 2.20. The highest BCUT2D eigenvalue weighted by molar-refractivity contribution is 5.11. The van der Waals surface area contributed by atoms with Gasteiger partial charge in [0.1, 0.15) is 0 Å². The molecule has 0 atom stereocenters. The maximum atomic E-state index is 10.5. The summed E-state index contributed by atoms with van der Waals surface area (Å²) < 4.78 is 0. The second kappa shape index (κ2) is 2.96. The van der Waals surface area contributed by atoms with Gasteiger partial charge in [-0.15, -0.1) is 0 Å². The van der Waals surface area contributed by atoms with Gasteiger partial charge in [-0.2, -0.15) is 0 Å². The van der Waals surface area contributed by atoms with Crippen LogP contribution in [0.1, 0.15) is 52.4 Å². The highest BCUT2D eigenvalue weighted by atomic mass is 16.3. The van der Waals surface area contributed by atoms with E-state index in [0.717, 1.165) is 38.5 Å². The van der Waals surface area contributed by atoms with E-state index in [0.29, 0.717) is 5.41 Å². The minimum atomic E-state index is -0.558. The van der Waals surface area contributed by atoms with Crippen LogP contribution >= 0.6 is 0 Å². The molecule has 0 radical (unpaired) electrons. The van der Waals surface area contributed by atoms with Crippen molar-refractivity contribution in [2.75, 3.05) is 6.61 Å². The summed E-state index contributed by atoms with van der Waals surface area (Å²) in [6, 6.07) is 0. The van der Waals surface area contributed by atoms with E-state index in [9.17, 15) is 10.2 Å². The first kappa shape index (κ1) is 10.4. The maximum absolute atomic E-state index is 10.5. The lowest BCUT2D eigenvalue weighted by atomic mass is 9.48. The standard InChI is InChI=1S/C12H22O2/c1-10(2)7-11(8-10,9-13)12(14)5-3-4-6-12/h13-14H,3-9H2,1-2H3. The number of hydrogen-bond donors (Lipinski definition) is 2. The van der Waals surface area contributed by atoms with E-state index in [-0.39, 0.29) is 12.0 Å². The van der Waals surface area contributed by atoms with Crippen LogP contribution in [-0.4, -0.2) is 22.4 Å². The minimum absolute atomic E-state index is 0.160. The fourth-order valence-electron chi connectivity index (χ4n) is 3.86. The molecule has 2 fully saturated rings. The van der Waals surface area contributed by atoms with Crippen molar-refractivity contribution in [1.29, 1.82) is 0 Å². The minimum Gasteiger partial charge on any atom is -0.396 e. The average molecular weight is 198 g/mol.